The fraction of sp³-hybridized carbons (Fsp3) is 0.208. The van der Waals surface area contributed by atoms with Crippen molar-refractivity contribution in [3.05, 3.63) is 82.6 Å². The van der Waals surface area contributed by atoms with Crippen molar-refractivity contribution in [1.29, 1.82) is 0 Å². The van der Waals surface area contributed by atoms with Gasteiger partial charge in [-0.15, -0.1) is 0 Å². The topological polar surface area (TPSA) is 44.8 Å². The molecule has 158 valence electrons. The molecule has 1 fully saturated rings. The molecule has 2 aliphatic heterocycles. The smallest absolute Gasteiger partial charge is 0.262 e. The predicted octanol–water partition coefficient (Wildman–Crippen LogP) is 4.84. The molecule has 2 aliphatic rings. The highest BCUT2D eigenvalue weighted by Crippen LogP contribution is 2.44. The van der Waals surface area contributed by atoms with Crippen LogP contribution in [0.3, 0.4) is 0 Å². The summed E-state index contributed by atoms with van der Waals surface area (Å²) >= 11 is 6.15. The van der Waals surface area contributed by atoms with E-state index < -0.39 is 5.82 Å². The van der Waals surface area contributed by atoms with Gasteiger partial charge in [0.2, 0.25) is 0 Å². The van der Waals surface area contributed by atoms with Crippen LogP contribution in [-0.2, 0) is 6.54 Å². The summed E-state index contributed by atoms with van der Waals surface area (Å²) < 4.78 is 20.4. The van der Waals surface area contributed by atoms with Gasteiger partial charge < -0.3 is 19.9 Å². The fourth-order valence-corrected chi connectivity index (χ4v) is 4.30. The van der Waals surface area contributed by atoms with Gasteiger partial charge in [0, 0.05) is 37.3 Å². The van der Waals surface area contributed by atoms with Crippen LogP contribution in [0.2, 0.25) is 5.02 Å². The molecule has 0 unspecified atom stereocenters. The minimum Gasteiger partial charge on any atom is -0.452 e. The summed E-state index contributed by atoms with van der Waals surface area (Å²) in [5.74, 6) is 0.167. The van der Waals surface area contributed by atoms with Crippen molar-refractivity contribution in [2.24, 2.45) is 0 Å². The standard InChI is InChI=1S/C24H21ClFN3O2/c25-17-4-1-3-16(13-17)15-29-20-8-7-18(26)14-22(20)31-23-19(24(29)30)5-2-6-21(23)28-11-9-27-10-12-28/h1-8,13-14,27H,9-12,15H2. The molecule has 7 heteroatoms. The van der Waals surface area contributed by atoms with Crippen LogP contribution in [0.15, 0.2) is 60.7 Å². The summed E-state index contributed by atoms with van der Waals surface area (Å²) in [6.45, 7) is 3.60. The van der Waals surface area contributed by atoms with E-state index in [0.717, 1.165) is 37.4 Å². The molecule has 1 amide bonds. The number of rotatable bonds is 3. The first kappa shape index (κ1) is 19.8. The Labute approximate surface area is 185 Å². The molecular weight excluding hydrogens is 417 g/mol. The molecule has 31 heavy (non-hydrogen) atoms. The Bertz CT molecular complexity index is 1150. The molecule has 0 aliphatic carbocycles. The third kappa shape index (κ3) is 3.84. The van der Waals surface area contributed by atoms with E-state index in [9.17, 15) is 9.18 Å². The Kier molecular flexibility index (Phi) is 5.26. The Morgan fingerprint density at radius 1 is 1.00 bits per heavy atom. The third-order valence-electron chi connectivity index (χ3n) is 5.58. The van der Waals surface area contributed by atoms with Crippen molar-refractivity contribution in [3.8, 4) is 11.5 Å². The maximum atomic E-state index is 14.1. The summed E-state index contributed by atoms with van der Waals surface area (Å²) in [5, 5.41) is 3.92. The number of hydrogen-bond acceptors (Lipinski definition) is 4. The zero-order valence-corrected chi connectivity index (χ0v) is 17.5. The van der Waals surface area contributed by atoms with Gasteiger partial charge in [-0.25, -0.2) is 4.39 Å². The van der Waals surface area contributed by atoms with Gasteiger partial charge in [-0.3, -0.25) is 4.79 Å². The number of hydrogen-bond donors (Lipinski definition) is 1. The highest BCUT2D eigenvalue weighted by molar-refractivity contribution is 6.30. The molecule has 3 aromatic carbocycles. The molecule has 5 nitrogen and oxygen atoms in total. The van der Waals surface area contributed by atoms with E-state index in [1.807, 2.05) is 30.3 Å². The lowest BCUT2D eigenvalue weighted by Gasteiger charge is -2.31. The Hall–Kier alpha value is -3.09. The molecular formula is C24H21ClFN3O2. The number of carbonyl (C=O) groups excluding carboxylic acids is 1. The van der Waals surface area contributed by atoms with Crippen LogP contribution in [0, 0.1) is 5.82 Å². The van der Waals surface area contributed by atoms with Crippen LogP contribution < -0.4 is 19.9 Å². The maximum Gasteiger partial charge on any atom is 0.262 e. The number of nitrogens with zero attached hydrogens (tertiary/aromatic N) is 2. The van der Waals surface area contributed by atoms with E-state index in [4.69, 9.17) is 16.3 Å². The predicted molar refractivity (Wildman–Crippen MR) is 120 cm³/mol. The van der Waals surface area contributed by atoms with Crippen molar-refractivity contribution < 1.29 is 13.9 Å². The van der Waals surface area contributed by atoms with Gasteiger partial charge in [0.1, 0.15) is 5.82 Å². The van der Waals surface area contributed by atoms with Crippen LogP contribution >= 0.6 is 11.6 Å². The summed E-state index contributed by atoms with van der Waals surface area (Å²) in [6, 6.07) is 17.2. The minimum atomic E-state index is -0.419. The first-order valence-corrected chi connectivity index (χ1v) is 10.6. The average Bonchev–Trinajstić information content (AvgIpc) is 2.89. The number of amides is 1. The number of para-hydroxylation sites is 1. The van der Waals surface area contributed by atoms with Gasteiger partial charge in [-0.05, 0) is 42.0 Å². The number of ether oxygens (including phenoxy) is 1. The number of anilines is 2. The zero-order chi connectivity index (χ0) is 21.4. The van der Waals surface area contributed by atoms with Gasteiger partial charge in [0.15, 0.2) is 11.5 Å². The largest absolute Gasteiger partial charge is 0.452 e. The molecule has 1 saturated heterocycles. The fourth-order valence-electron chi connectivity index (χ4n) is 4.09. The van der Waals surface area contributed by atoms with Gasteiger partial charge in [-0.2, -0.15) is 0 Å². The monoisotopic (exact) mass is 437 g/mol. The number of carbonyl (C=O) groups is 1. The normalized spacial score (nSPS) is 15.7. The second-order valence-corrected chi connectivity index (χ2v) is 8.06. The molecule has 3 aromatic rings. The van der Waals surface area contributed by atoms with E-state index in [0.29, 0.717) is 34.3 Å². The third-order valence-corrected chi connectivity index (χ3v) is 5.82. The summed E-state index contributed by atoms with van der Waals surface area (Å²) in [5.41, 5.74) is 2.69. The lowest BCUT2D eigenvalue weighted by Crippen LogP contribution is -2.43. The number of halogens is 2. The summed E-state index contributed by atoms with van der Waals surface area (Å²) in [7, 11) is 0. The van der Waals surface area contributed by atoms with Crippen LogP contribution in [-0.4, -0.2) is 32.1 Å². The molecule has 0 atom stereocenters. The molecule has 1 N–H and O–H groups in total. The second-order valence-electron chi connectivity index (χ2n) is 7.63. The van der Waals surface area contributed by atoms with Crippen molar-refractivity contribution in [2.75, 3.05) is 36.0 Å². The highest BCUT2D eigenvalue weighted by atomic mass is 35.5. The van der Waals surface area contributed by atoms with Crippen molar-refractivity contribution in [3.63, 3.8) is 0 Å². The van der Waals surface area contributed by atoms with Crippen LogP contribution in [0.1, 0.15) is 15.9 Å². The highest BCUT2D eigenvalue weighted by Gasteiger charge is 2.31. The van der Waals surface area contributed by atoms with E-state index in [-0.39, 0.29) is 5.91 Å². The molecule has 0 radical (unpaired) electrons. The summed E-state index contributed by atoms with van der Waals surface area (Å²) in [6.07, 6.45) is 0. The molecule has 5 rings (SSSR count). The van der Waals surface area contributed by atoms with Crippen molar-refractivity contribution in [2.45, 2.75) is 6.54 Å². The Morgan fingerprint density at radius 3 is 2.61 bits per heavy atom. The van der Waals surface area contributed by atoms with Gasteiger partial charge in [-0.1, -0.05) is 29.8 Å². The Balaban J connectivity index is 1.63. The van der Waals surface area contributed by atoms with Gasteiger partial charge in [0.25, 0.3) is 5.91 Å². The minimum absolute atomic E-state index is 0.197. The Morgan fingerprint density at radius 2 is 1.81 bits per heavy atom. The zero-order valence-electron chi connectivity index (χ0n) is 16.8. The number of nitrogens with one attached hydrogen (secondary N) is 1. The lowest BCUT2D eigenvalue weighted by molar-refractivity contribution is 0.0985. The van der Waals surface area contributed by atoms with Gasteiger partial charge in [0.05, 0.1) is 23.5 Å². The lowest BCUT2D eigenvalue weighted by atomic mass is 10.1. The molecule has 0 saturated carbocycles. The van der Waals surface area contributed by atoms with Crippen molar-refractivity contribution in [1.82, 2.24) is 5.32 Å². The molecule has 2 heterocycles. The first-order valence-electron chi connectivity index (χ1n) is 10.2. The second kappa shape index (κ2) is 8.21. The summed E-state index contributed by atoms with van der Waals surface area (Å²) in [4.78, 5) is 17.5. The maximum absolute atomic E-state index is 14.1. The van der Waals surface area contributed by atoms with E-state index in [1.54, 1.807) is 23.1 Å². The quantitative estimate of drug-likeness (QED) is 0.636. The number of piperazine rings is 1. The van der Waals surface area contributed by atoms with E-state index >= 15 is 0 Å². The van der Waals surface area contributed by atoms with Crippen molar-refractivity contribution >= 4 is 28.9 Å². The molecule has 0 bridgehead atoms. The average molecular weight is 438 g/mol. The van der Waals surface area contributed by atoms with Crippen LogP contribution in [0.5, 0.6) is 11.5 Å². The van der Waals surface area contributed by atoms with Gasteiger partial charge >= 0.3 is 0 Å². The number of fused-ring (bicyclic) bond motifs is 2. The number of benzene rings is 3. The molecule has 0 aromatic heterocycles. The van der Waals surface area contributed by atoms with Crippen LogP contribution in [0.25, 0.3) is 0 Å². The SMILES string of the molecule is O=C1c2cccc(N3CCNCC3)c2Oc2cc(F)ccc2N1Cc1cccc(Cl)c1. The first-order chi connectivity index (χ1) is 15.1. The molecule has 0 spiro atoms. The van der Waals surface area contributed by atoms with E-state index in [2.05, 4.69) is 10.2 Å². The van der Waals surface area contributed by atoms with E-state index in [1.165, 1.54) is 12.1 Å². The van der Waals surface area contributed by atoms with Crippen LogP contribution in [0.4, 0.5) is 15.8 Å².